The van der Waals surface area contributed by atoms with Crippen LogP contribution in [0.2, 0.25) is 5.02 Å². The Bertz CT molecular complexity index is 1280. The second-order valence-electron chi connectivity index (χ2n) is 9.63. The molecule has 1 aliphatic rings. The normalized spacial score (nSPS) is 17.2. The third kappa shape index (κ3) is 8.32. The first-order valence-corrected chi connectivity index (χ1v) is 13.6. The summed E-state index contributed by atoms with van der Waals surface area (Å²) < 4.78 is 7.84. The average Bonchev–Trinajstić information content (AvgIpc) is 3.34. The first-order valence-electron chi connectivity index (χ1n) is 13.2. The van der Waals surface area contributed by atoms with Crippen molar-refractivity contribution in [2.24, 2.45) is 0 Å². The summed E-state index contributed by atoms with van der Waals surface area (Å²) in [5.41, 5.74) is 2.34. The number of carbonyl (C=O) groups is 3. The van der Waals surface area contributed by atoms with Crippen LogP contribution in [0.4, 0.5) is 0 Å². The molecule has 0 spiro atoms. The second kappa shape index (κ2) is 13.8. The third-order valence-electron chi connectivity index (χ3n) is 6.61. The molecule has 4 rings (SSSR count). The van der Waals surface area contributed by atoms with Gasteiger partial charge in [-0.25, -0.2) is 0 Å². The number of aromatic nitrogens is 2. The van der Waals surface area contributed by atoms with Crippen LogP contribution in [0.15, 0.2) is 60.8 Å². The van der Waals surface area contributed by atoms with Gasteiger partial charge in [-0.3, -0.25) is 19.1 Å². The van der Waals surface area contributed by atoms with Crippen LogP contribution in [0, 0.1) is 6.92 Å². The average molecular weight is 552 g/mol. The summed E-state index contributed by atoms with van der Waals surface area (Å²) in [7, 11) is 0. The number of hydrogen-bond acceptors (Lipinski definition) is 5. The fourth-order valence-corrected chi connectivity index (χ4v) is 4.67. The lowest BCUT2D eigenvalue weighted by Gasteiger charge is -2.25. The molecule has 206 valence electrons. The minimum atomic E-state index is -0.389. The number of nitrogens with zero attached hydrogens (tertiary/aromatic N) is 3. The molecule has 39 heavy (non-hydrogen) atoms. The Morgan fingerprint density at radius 1 is 1.13 bits per heavy atom. The van der Waals surface area contributed by atoms with Crippen LogP contribution in [0.5, 0.6) is 5.75 Å². The van der Waals surface area contributed by atoms with Crippen molar-refractivity contribution in [3.05, 3.63) is 82.6 Å². The van der Waals surface area contributed by atoms with Crippen molar-refractivity contribution < 1.29 is 19.1 Å². The number of carbonyl (C=O) groups excluding carboxylic acids is 3. The highest BCUT2D eigenvalue weighted by atomic mass is 35.5. The van der Waals surface area contributed by atoms with Gasteiger partial charge in [0, 0.05) is 43.0 Å². The van der Waals surface area contributed by atoms with Crippen molar-refractivity contribution in [1.82, 2.24) is 25.3 Å². The smallest absolute Gasteiger partial charge is 0.255 e. The zero-order chi connectivity index (χ0) is 27.6. The maximum Gasteiger partial charge on any atom is 0.255 e. The summed E-state index contributed by atoms with van der Waals surface area (Å²) in [6, 6.07) is 16.2. The van der Waals surface area contributed by atoms with E-state index in [9.17, 15) is 14.4 Å². The number of fused-ring (bicyclic) bond motifs is 1. The summed E-state index contributed by atoms with van der Waals surface area (Å²) in [4.78, 5) is 40.9. The molecule has 1 atom stereocenters. The molecule has 0 unspecified atom stereocenters. The second-order valence-corrected chi connectivity index (χ2v) is 10.1. The molecule has 0 saturated heterocycles. The van der Waals surface area contributed by atoms with Gasteiger partial charge >= 0.3 is 0 Å². The molecule has 0 aliphatic carbocycles. The van der Waals surface area contributed by atoms with E-state index in [0.717, 1.165) is 11.3 Å². The molecule has 3 aromatic rings. The van der Waals surface area contributed by atoms with E-state index in [4.69, 9.17) is 16.3 Å². The summed E-state index contributed by atoms with van der Waals surface area (Å²) >= 11 is 6.17. The van der Waals surface area contributed by atoms with Gasteiger partial charge in [-0.2, -0.15) is 5.10 Å². The molecule has 2 heterocycles. The first kappa shape index (κ1) is 28.2. The van der Waals surface area contributed by atoms with Gasteiger partial charge in [0.05, 0.1) is 18.2 Å². The van der Waals surface area contributed by atoms with Gasteiger partial charge in [-0.05, 0) is 56.0 Å². The Morgan fingerprint density at radius 3 is 2.72 bits per heavy atom. The van der Waals surface area contributed by atoms with Crippen LogP contribution in [0.25, 0.3) is 0 Å². The van der Waals surface area contributed by atoms with E-state index < -0.39 is 0 Å². The molecule has 9 nitrogen and oxygen atoms in total. The van der Waals surface area contributed by atoms with Gasteiger partial charge in [0.1, 0.15) is 12.4 Å². The van der Waals surface area contributed by atoms with E-state index in [-0.39, 0.29) is 43.3 Å². The Morgan fingerprint density at radius 2 is 1.95 bits per heavy atom. The van der Waals surface area contributed by atoms with Gasteiger partial charge in [0.25, 0.3) is 5.91 Å². The molecule has 3 amide bonds. The highest BCUT2D eigenvalue weighted by molar-refractivity contribution is 6.31. The monoisotopic (exact) mass is 551 g/mol. The number of aryl methyl sites for hydroxylation is 2. The fraction of sp³-hybridized carbons (Fsp3) is 0.379. The minimum absolute atomic E-state index is 0.0548. The molecule has 10 heteroatoms. The number of rotatable bonds is 5. The Balaban J connectivity index is 1.51. The van der Waals surface area contributed by atoms with Gasteiger partial charge < -0.3 is 20.3 Å². The number of nitrogens with one attached hydrogen (secondary N) is 2. The van der Waals surface area contributed by atoms with Crippen LogP contribution in [0.1, 0.15) is 40.9 Å². The first-order chi connectivity index (χ1) is 18.9. The van der Waals surface area contributed by atoms with Gasteiger partial charge in [0.15, 0.2) is 0 Å². The van der Waals surface area contributed by atoms with E-state index in [1.54, 1.807) is 34.0 Å². The van der Waals surface area contributed by atoms with Crippen LogP contribution in [-0.4, -0.2) is 64.7 Å². The number of benzene rings is 2. The largest absolute Gasteiger partial charge is 0.491 e. The van der Waals surface area contributed by atoms with Crippen molar-refractivity contribution in [1.29, 1.82) is 0 Å². The lowest BCUT2D eigenvalue weighted by Crippen LogP contribution is -2.47. The molecule has 0 bridgehead atoms. The highest BCUT2D eigenvalue weighted by Crippen LogP contribution is 2.23. The van der Waals surface area contributed by atoms with E-state index in [2.05, 4.69) is 15.7 Å². The van der Waals surface area contributed by atoms with Crippen LogP contribution < -0.4 is 15.4 Å². The molecule has 1 aliphatic heterocycles. The van der Waals surface area contributed by atoms with Crippen molar-refractivity contribution in [2.45, 2.75) is 45.2 Å². The van der Waals surface area contributed by atoms with E-state index in [1.807, 2.05) is 43.3 Å². The SMILES string of the molecule is Cc1ccnn1CCC(=O)N1CCCCNC(=O)c2cc(Cl)ccc2OC[C@H](Cc2ccccc2)NC(=O)C1. The van der Waals surface area contributed by atoms with Crippen molar-refractivity contribution >= 4 is 29.3 Å². The molecular weight excluding hydrogens is 518 g/mol. The van der Waals surface area contributed by atoms with Crippen LogP contribution in [0.3, 0.4) is 0 Å². The summed E-state index contributed by atoms with van der Waals surface area (Å²) in [5.74, 6) is -0.270. The van der Waals surface area contributed by atoms with Gasteiger partial charge in [-0.1, -0.05) is 41.9 Å². The summed E-state index contributed by atoms with van der Waals surface area (Å²) in [5, 5.41) is 10.6. The van der Waals surface area contributed by atoms with E-state index in [1.165, 1.54) is 0 Å². The third-order valence-corrected chi connectivity index (χ3v) is 6.85. The maximum atomic E-state index is 13.2. The maximum absolute atomic E-state index is 13.2. The number of hydrogen-bond donors (Lipinski definition) is 2. The predicted octanol–water partition coefficient (Wildman–Crippen LogP) is 3.39. The Kier molecular flexibility index (Phi) is 9.97. The number of ether oxygens (including phenoxy) is 1. The van der Waals surface area contributed by atoms with Crippen molar-refractivity contribution in [3.63, 3.8) is 0 Å². The molecule has 2 aromatic carbocycles. The Hall–Kier alpha value is -3.85. The van der Waals surface area contributed by atoms with Crippen LogP contribution >= 0.6 is 11.6 Å². The molecule has 0 fully saturated rings. The zero-order valence-corrected chi connectivity index (χ0v) is 22.8. The molecule has 2 N–H and O–H groups in total. The predicted molar refractivity (Wildman–Crippen MR) is 149 cm³/mol. The number of halogens is 1. The Labute approximate surface area is 233 Å². The van der Waals surface area contributed by atoms with Crippen LogP contribution in [-0.2, 0) is 22.6 Å². The fourth-order valence-electron chi connectivity index (χ4n) is 4.50. The number of amides is 3. The van der Waals surface area contributed by atoms with Gasteiger partial charge in [0.2, 0.25) is 11.8 Å². The lowest BCUT2D eigenvalue weighted by molar-refractivity contribution is -0.136. The highest BCUT2D eigenvalue weighted by Gasteiger charge is 2.22. The van der Waals surface area contributed by atoms with Gasteiger partial charge in [-0.15, -0.1) is 0 Å². The quantitative estimate of drug-likeness (QED) is 0.506. The molecular formula is C29H34ClN5O4. The van der Waals surface area contributed by atoms with Crippen molar-refractivity contribution in [2.75, 3.05) is 26.2 Å². The zero-order valence-electron chi connectivity index (χ0n) is 22.1. The molecule has 0 saturated carbocycles. The topological polar surface area (TPSA) is 106 Å². The van der Waals surface area contributed by atoms with E-state index >= 15 is 0 Å². The summed E-state index contributed by atoms with van der Waals surface area (Å²) in [6.07, 6.45) is 3.73. The standard InChI is InChI=1S/C29H34ClN5O4/c1-21-11-14-32-35(21)16-12-28(37)34-15-6-5-13-31-29(38)25-18-23(30)9-10-26(25)39-20-24(33-27(36)19-34)17-22-7-3-2-4-8-22/h2-4,7-11,14,18,24H,5-6,12-13,15-17,19-20H2,1H3,(H,31,38)(H,33,36)/t24-/m0/s1. The molecule has 0 radical (unpaired) electrons. The molecule has 1 aromatic heterocycles. The van der Waals surface area contributed by atoms with Crippen molar-refractivity contribution in [3.8, 4) is 5.75 Å². The summed E-state index contributed by atoms with van der Waals surface area (Å²) in [6.45, 7) is 3.28. The minimum Gasteiger partial charge on any atom is -0.491 e. The lowest BCUT2D eigenvalue weighted by atomic mass is 10.1. The van der Waals surface area contributed by atoms with E-state index in [0.29, 0.717) is 55.2 Å².